The van der Waals surface area contributed by atoms with Crippen LogP contribution in [0, 0.1) is 17.0 Å². The number of ether oxygens (including phenoxy) is 3. The Morgan fingerprint density at radius 3 is 2.72 bits per heavy atom. The van der Waals surface area contributed by atoms with Crippen molar-refractivity contribution in [3.05, 3.63) is 67.9 Å². The first-order valence-corrected chi connectivity index (χ1v) is 9.00. The van der Waals surface area contributed by atoms with Crippen molar-refractivity contribution in [3.8, 4) is 11.5 Å². The Morgan fingerprint density at radius 1 is 1.31 bits per heavy atom. The lowest BCUT2D eigenvalue weighted by atomic mass is 10.1. The van der Waals surface area contributed by atoms with E-state index in [4.69, 9.17) is 25.8 Å². The van der Waals surface area contributed by atoms with Gasteiger partial charge in [0.2, 0.25) is 5.90 Å². The van der Waals surface area contributed by atoms with E-state index in [1.807, 2.05) is 6.92 Å². The molecule has 0 aliphatic carbocycles. The average Bonchev–Trinajstić information content (AvgIpc) is 3.04. The van der Waals surface area contributed by atoms with E-state index in [0.29, 0.717) is 39.8 Å². The molecule has 8 nitrogen and oxygen atoms in total. The van der Waals surface area contributed by atoms with Crippen molar-refractivity contribution in [2.24, 2.45) is 4.99 Å². The highest BCUT2D eigenvalue weighted by molar-refractivity contribution is 6.32. The van der Waals surface area contributed by atoms with Gasteiger partial charge in [0.15, 0.2) is 17.2 Å². The summed E-state index contributed by atoms with van der Waals surface area (Å²) >= 11 is 6.25. The smallest absolute Gasteiger partial charge is 0.363 e. The van der Waals surface area contributed by atoms with Crippen LogP contribution >= 0.6 is 11.6 Å². The number of aryl methyl sites for hydroxylation is 1. The second-order valence-electron chi connectivity index (χ2n) is 6.06. The molecule has 3 rings (SSSR count). The summed E-state index contributed by atoms with van der Waals surface area (Å²) in [5, 5.41) is 11.5. The molecule has 0 spiro atoms. The molecule has 0 fully saturated rings. The minimum Gasteiger partial charge on any atom is -0.493 e. The van der Waals surface area contributed by atoms with Crippen LogP contribution in [0.5, 0.6) is 11.5 Å². The molecule has 9 heteroatoms. The maximum Gasteiger partial charge on any atom is 0.363 e. The number of aliphatic imine (C=N–C) groups is 1. The fourth-order valence-corrected chi connectivity index (χ4v) is 3.01. The molecule has 29 heavy (non-hydrogen) atoms. The van der Waals surface area contributed by atoms with Crippen molar-refractivity contribution < 1.29 is 23.9 Å². The van der Waals surface area contributed by atoms with Crippen LogP contribution in [-0.2, 0) is 9.53 Å². The lowest BCUT2D eigenvalue weighted by Gasteiger charge is -2.11. The van der Waals surface area contributed by atoms with Gasteiger partial charge in [0.25, 0.3) is 5.69 Å². The highest BCUT2D eigenvalue weighted by Gasteiger charge is 2.26. The van der Waals surface area contributed by atoms with E-state index in [1.54, 1.807) is 31.2 Å². The van der Waals surface area contributed by atoms with Crippen molar-refractivity contribution in [3.63, 3.8) is 0 Å². The minimum atomic E-state index is -0.674. The van der Waals surface area contributed by atoms with Gasteiger partial charge < -0.3 is 14.2 Å². The maximum atomic E-state index is 12.2. The number of rotatable bonds is 6. The predicted octanol–water partition coefficient (Wildman–Crippen LogP) is 4.31. The number of cyclic esters (lactones) is 1. The first kappa shape index (κ1) is 20.3. The lowest BCUT2D eigenvalue weighted by Crippen LogP contribution is -2.06. The molecular weight excluding hydrogens is 400 g/mol. The molecule has 0 saturated heterocycles. The fourth-order valence-electron chi connectivity index (χ4n) is 2.74. The molecule has 0 atom stereocenters. The van der Waals surface area contributed by atoms with E-state index < -0.39 is 10.9 Å². The van der Waals surface area contributed by atoms with Crippen LogP contribution in [0.25, 0.3) is 6.08 Å². The molecular formula is C20H17ClN2O6. The second-order valence-corrected chi connectivity index (χ2v) is 6.47. The quantitative estimate of drug-likeness (QED) is 0.301. The third-order valence-corrected chi connectivity index (χ3v) is 4.40. The van der Waals surface area contributed by atoms with Gasteiger partial charge in [0.1, 0.15) is 0 Å². The number of nitrogens with zero attached hydrogens (tertiary/aromatic N) is 2. The van der Waals surface area contributed by atoms with Gasteiger partial charge in [0, 0.05) is 17.2 Å². The minimum absolute atomic E-state index is 0.00616. The number of benzene rings is 2. The summed E-state index contributed by atoms with van der Waals surface area (Å²) in [5.74, 6) is 0.139. The summed E-state index contributed by atoms with van der Waals surface area (Å²) in [5.41, 5.74) is 1.34. The number of carbonyl (C=O) groups excluding carboxylic acids is 1. The number of halogens is 1. The first-order chi connectivity index (χ1) is 13.8. The van der Waals surface area contributed by atoms with Crippen molar-refractivity contribution in [2.45, 2.75) is 13.8 Å². The molecule has 150 valence electrons. The first-order valence-electron chi connectivity index (χ1n) is 8.62. The van der Waals surface area contributed by atoms with Gasteiger partial charge >= 0.3 is 5.97 Å². The number of hydrogen-bond donors (Lipinski definition) is 0. The zero-order valence-corrected chi connectivity index (χ0v) is 16.6. The van der Waals surface area contributed by atoms with Crippen LogP contribution < -0.4 is 9.47 Å². The number of methoxy groups -OCH3 is 1. The Labute approximate surface area is 171 Å². The maximum absolute atomic E-state index is 12.2. The largest absolute Gasteiger partial charge is 0.493 e. The lowest BCUT2D eigenvalue weighted by molar-refractivity contribution is -0.385. The van der Waals surface area contributed by atoms with Crippen molar-refractivity contribution in [1.82, 2.24) is 0 Å². The normalized spacial score (nSPS) is 14.6. The van der Waals surface area contributed by atoms with Crippen molar-refractivity contribution >= 4 is 35.2 Å². The van der Waals surface area contributed by atoms with Crippen molar-refractivity contribution in [1.29, 1.82) is 0 Å². The Kier molecular flexibility index (Phi) is 5.84. The highest BCUT2D eigenvalue weighted by atomic mass is 35.5. The molecule has 0 N–H and O–H groups in total. The average molecular weight is 417 g/mol. The monoisotopic (exact) mass is 416 g/mol. The van der Waals surface area contributed by atoms with E-state index >= 15 is 0 Å². The number of nitro groups is 1. The topological polar surface area (TPSA) is 100 Å². The van der Waals surface area contributed by atoms with Crippen LogP contribution in [0.1, 0.15) is 23.6 Å². The Bertz CT molecular complexity index is 1060. The molecule has 0 bridgehead atoms. The number of nitro benzene ring substituents is 1. The summed E-state index contributed by atoms with van der Waals surface area (Å²) in [6, 6.07) is 7.76. The third kappa shape index (κ3) is 4.22. The molecule has 0 saturated carbocycles. The Balaban J connectivity index is 1.98. The third-order valence-electron chi connectivity index (χ3n) is 4.12. The standard InChI is InChI=1S/C20H17ClN2O6/c1-4-28-18-14(21)7-12(9-17(18)27-3)8-15-20(24)29-19(22-15)13-6-5-11(2)16(10-13)23(25)26/h5-10H,4H2,1-3H3/b15-8-. The van der Waals surface area contributed by atoms with E-state index in [-0.39, 0.29) is 17.3 Å². The van der Waals surface area contributed by atoms with E-state index in [0.717, 1.165) is 0 Å². The second kappa shape index (κ2) is 8.32. The molecule has 1 heterocycles. The van der Waals surface area contributed by atoms with Crippen LogP contribution in [0.2, 0.25) is 5.02 Å². The molecule has 2 aromatic rings. The van der Waals surface area contributed by atoms with Gasteiger partial charge in [0.05, 0.1) is 23.7 Å². The molecule has 0 aromatic heterocycles. The van der Waals surface area contributed by atoms with Gasteiger partial charge in [-0.1, -0.05) is 17.7 Å². The number of esters is 1. The van der Waals surface area contributed by atoms with Crippen molar-refractivity contribution in [2.75, 3.05) is 13.7 Å². The molecule has 2 aromatic carbocycles. The molecule has 0 amide bonds. The zero-order chi connectivity index (χ0) is 21.1. The number of hydrogen-bond acceptors (Lipinski definition) is 7. The SMILES string of the molecule is CCOc1c(Cl)cc(/C=C2\N=C(c3ccc(C)c([N+](=O)[O-])c3)OC2=O)cc1OC. The summed E-state index contributed by atoms with van der Waals surface area (Å²) < 4.78 is 15.9. The van der Waals surface area contributed by atoms with E-state index in [9.17, 15) is 14.9 Å². The van der Waals surface area contributed by atoms with Gasteiger partial charge in [-0.2, -0.15) is 0 Å². The van der Waals surface area contributed by atoms with Gasteiger partial charge in [-0.25, -0.2) is 9.79 Å². The van der Waals surface area contributed by atoms with Crippen LogP contribution in [0.3, 0.4) is 0 Å². The highest BCUT2D eigenvalue weighted by Crippen LogP contribution is 2.37. The van der Waals surface area contributed by atoms with Gasteiger partial charge in [-0.05, 0) is 43.7 Å². The van der Waals surface area contributed by atoms with Crippen LogP contribution in [0.15, 0.2) is 41.0 Å². The number of carbonyl (C=O) groups is 1. The Morgan fingerprint density at radius 2 is 2.07 bits per heavy atom. The summed E-state index contributed by atoms with van der Waals surface area (Å²) in [7, 11) is 1.48. The zero-order valence-electron chi connectivity index (χ0n) is 15.9. The van der Waals surface area contributed by atoms with Crippen LogP contribution in [0.4, 0.5) is 5.69 Å². The summed E-state index contributed by atoms with van der Waals surface area (Å²) in [6.45, 7) is 3.86. The fraction of sp³-hybridized carbons (Fsp3) is 0.200. The van der Waals surface area contributed by atoms with Gasteiger partial charge in [-0.3, -0.25) is 10.1 Å². The summed E-state index contributed by atoms with van der Waals surface area (Å²) in [4.78, 5) is 27.0. The molecule has 0 radical (unpaired) electrons. The molecule has 1 aliphatic rings. The predicted molar refractivity (Wildman–Crippen MR) is 108 cm³/mol. The van der Waals surface area contributed by atoms with Gasteiger partial charge in [-0.15, -0.1) is 0 Å². The van der Waals surface area contributed by atoms with Crippen LogP contribution in [-0.4, -0.2) is 30.5 Å². The molecule has 1 aliphatic heterocycles. The van der Waals surface area contributed by atoms with E-state index in [2.05, 4.69) is 4.99 Å². The van der Waals surface area contributed by atoms with E-state index in [1.165, 1.54) is 19.3 Å². The Hall–Kier alpha value is -3.39. The molecule has 0 unspecified atom stereocenters. The summed E-state index contributed by atoms with van der Waals surface area (Å²) in [6.07, 6.45) is 1.49.